The van der Waals surface area contributed by atoms with E-state index in [2.05, 4.69) is 27.5 Å². The number of nitrogens with one attached hydrogen (secondary N) is 2. The number of nitrogens with zero attached hydrogens (tertiary/aromatic N) is 2. The summed E-state index contributed by atoms with van der Waals surface area (Å²) in [6.07, 6.45) is 4.59. The van der Waals surface area contributed by atoms with Crippen LogP contribution in [-0.2, 0) is 6.42 Å². The Balaban J connectivity index is 2.02. The largest absolute Gasteiger partial charge is 0.387 e. The maximum absolute atomic E-state index is 10.4. The van der Waals surface area contributed by atoms with Crippen LogP contribution in [0.15, 0.2) is 6.20 Å². The second-order valence-electron chi connectivity index (χ2n) is 5.00. The molecular weight excluding hydrogens is 228 g/mol. The first kappa shape index (κ1) is 13.2. The third-order valence-electron chi connectivity index (χ3n) is 3.40. The molecule has 0 bridgehead atoms. The molecule has 1 aromatic heterocycles. The van der Waals surface area contributed by atoms with E-state index in [9.17, 15) is 5.11 Å². The Labute approximate surface area is 108 Å². The summed E-state index contributed by atoms with van der Waals surface area (Å²) < 4.78 is 0. The Bertz CT molecular complexity index is 402. The van der Waals surface area contributed by atoms with Crippen molar-refractivity contribution in [3.05, 3.63) is 17.6 Å². The summed E-state index contributed by atoms with van der Waals surface area (Å²) in [5.41, 5.74) is 0.426. The summed E-state index contributed by atoms with van der Waals surface area (Å²) in [5, 5.41) is 16.9. The first-order valence-corrected chi connectivity index (χ1v) is 6.62. The molecule has 2 rings (SSSR count). The van der Waals surface area contributed by atoms with Gasteiger partial charge in [0.05, 0.1) is 5.60 Å². The zero-order valence-electron chi connectivity index (χ0n) is 11.2. The van der Waals surface area contributed by atoms with Crippen LogP contribution in [0.1, 0.15) is 31.2 Å². The summed E-state index contributed by atoms with van der Waals surface area (Å²) in [5.74, 6) is 1.60. The second-order valence-corrected chi connectivity index (χ2v) is 5.00. The van der Waals surface area contributed by atoms with Crippen molar-refractivity contribution in [2.24, 2.45) is 0 Å². The van der Waals surface area contributed by atoms with Gasteiger partial charge in [-0.2, -0.15) is 0 Å². The minimum Gasteiger partial charge on any atom is -0.387 e. The van der Waals surface area contributed by atoms with Crippen molar-refractivity contribution in [1.82, 2.24) is 15.3 Å². The summed E-state index contributed by atoms with van der Waals surface area (Å²) in [6, 6.07) is 0. The first-order valence-electron chi connectivity index (χ1n) is 6.62. The second kappa shape index (κ2) is 5.63. The topological polar surface area (TPSA) is 70.1 Å². The quantitative estimate of drug-likeness (QED) is 0.740. The predicted octanol–water partition coefficient (Wildman–Crippen LogP) is 0.874. The molecule has 1 fully saturated rings. The molecule has 5 heteroatoms. The third-order valence-corrected chi connectivity index (χ3v) is 3.40. The average Bonchev–Trinajstić information content (AvgIpc) is 2.38. The molecule has 100 valence electrons. The van der Waals surface area contributed by atoms with Gasteiger partial charge in [-0.1, -0.05) is 6.92 Å². The van der Waals surface area contributed by atoms with Gasteiger partial charge in [0.2, 0.25) is 0 Å². The number of anilines is 1. The van der Waals surface area contributed by atoms with Gasteiger partial charge in [0.1, 0.15) is 11.6 Å². The smallest absolute Gasteiger partial charge is 0.132 e. The Kier molecular flexibility index (Phi) is 4.14. The lowest BCUT2D eigenvalue weighted by Crippen LogP contribution is -2.50. The van der Waals surface area contributed by atoms with Crippen molar-refractivity contribution < 1.29 is 5.11 Å². The molecule has 1 atom stereocenters. The van der Waals surface area contributed by atoms with E-state index in [0.29, 0.717) is 13.1 Å². The highest BCUT2D eigenvalue weighted by molar-refractivity contribution is 5.43. The van der Waals surface area contributed by atoms with Crippen molar-refractivity contribution in [3.63, 3.8) is 0 Å². The van der Waals surface area contributed by atoms with E-state index in [4.69, 9.17) is 0 Å². The monoisotopic (exact) mass is 250 g/mol. The standard InChI is InChI=1S/C13H22N4O/c1-3-11-7-15-10(2)17-12(11)16-9-13(18)5-4-6-14-8-13/h7,14,18H,3-6,8-9H2,1-2H3,(H,15,16,17). The van der Waals surface area contributed by atoms with E-state index in [-0.39, 0.29) is 0 Å². The molecule has 0 aromatic carbocycles. The Morgan fingerprint density at radius 3 is 3.06 bits per heavy atom. The van der Waals surface area contributed by atoms with E-state index in [0.717, 1.165) is 43.0 Å². The molecule has 0 aliphatic carbocycles. The fourth-order valence-electron chi connectivity index (χ4n) is 2.26. The SMILES string of the molecule is CCc1cnc(C)nc1NCC1(O)CCCNC1. The number of aromatic nitrogens is 2. The molecule has 2 heterocycles. The lowest BCUT2D eigenvalue weighted by atomic mass is 9.94. The van der Waals surface area contributed by atoms with Gasteiger partial charge in [0.25, 0.3) is 0 Å². The zero-order chi connectivity index (χ0) is 13.0. The molecule has 1 saturated heterocycles. The predicted molar refractivity (Wildman–Crippen MR) is 71.7 cm³/mol. The van der Waals surface area contributed by atoms with Gasteiger partial charge in [0.15, 0.2) is 0 Å². The lowest BCUT2D eigenvalue weighted by Gasteiger charge is -2.33. The van der Waals surface area contributed by atoms with Crippen LogP contribution in [0.2, 0.25) is 0 Å². The maximum Gasteiger partial charge on any atom is 0.132 e. The highest BCUT2D eigenvalue weighted by Gasteiger charge is 2.29. The summed E-state index contributed by atoms with van der Waals surface area (Å²) >= 11 is 0. The highest BCUT2D eigenvalue weighted by atomic mass is 16.3. The van der Waals surface area contributed by atoms with E-state index in [1.807, 2.05) is 13.1 Å². The Morgan fingerprint density at radius 2 is 2.39 bits per heavy atom. The zero-order valence-corrected chi connectivity index (χ0v) is 11.2. The summed E-state index contributed by atoms with van der Waals surface area (Å²) in [4.78, 5) is 8.60. The van der Waals surface area contributed by atoms with Crippen molar-refractivity contribution in [2.45, 2.75) is 38.7 Å². The van der Waals surface area contributed by atoms with Crippen LogP contribution in [0.5, 0.6) is 0 Å². The van der Waals surface area contributed by atoms with Gasteiger partial charge in [-0.05, 0) is 32.7 Å². The molecule has 1 aromatic rings. The van der Waals surface area contributed by atoms with E-state index in [1.165, 1.54) is 0 Å². The van der Waals surface area contributed by atoms with Crippen LogP contribution in [0.3, 0.4) is 0 Å². The maximum atomic E-state index is 10.4. The van der Waals surface area contributed by atoms with Gasteiger partial charge in [-0.25, -0.2) is 9.97 Å². The fraction of sp³-hybridized carbons (Fsp3) is 0.692. The van der Waals surface area contributed by atoms with Gasteiger partial charge in [0, 0.05) is 24.8 Å². The molecule has 3 N–H and O–H groups in total. The average molecular weight is 250 g/mol. The molecular formula is C13H22N4O. The van der Waals surface area contributed by atoms with Crippen LogP contribution < -0.4 is 10.6 Å². The minimum atomic E-state index is -0.665. The van der Waals surface area contributed by atoms with Crippen LogP contribution in [0.25, 0.3) is 0 Å². The normalized spacial score (nSPS) is 23.9. The van der Waals surface area contributed by atoms with E-state index >= 15 is 0 Å². The van der Waals surface area contributed by atoms with E-state index < -0.39 is 5.60 Å². The van der Waals surface area contributed by atoms with Crippen LogP contribution in [0, 0.1) is 6.92 Å². The number of piperidine rings is 1. The molecule has 0 radical (unpaired) electrons. The molecule has 1 aliphatic heterocycles. The third kappa shape index (κ3) is 3.17. The lowest BCUT2D eigenvalue weighted by molar-refractivity contribution is 0.0291. The number of hydrogen-bond acceptors (Lipinski definition) is 5. The number of β-amino-alcohol motifs (C(OH)–C–C–N with tert-alkyl or cyclic N) is 1. The molecule has 1 aliphatic rings. The van der Waals surface area contributed by atoms with Crippen LogP contribution >= 0.6 is 0 Å². The Hall–Kier alpha value is -1.20. The van der Waals surface area contributed by atoms with Gasteiger partial charge >= 0.3 is 0 Å². The molecule has 18 heavy (non-hydrogen) atoms. The van der Waals surface area contributed by atoms with Gasteiger partial charge in [-0.3, -0.25) is 0 Å². The van der Waals surface area contributed by atoms with Crippen molar-refractivity contribution >= 4 is 5.82 Å². The van der Waals surface area contributed by atoms with Gasteiger partial charge in [-0.15, -0.1) is 0 Å². The Morgan fingerprint density at radius 1 is 1.56 bits per heavy atom. The number of aryl methyl sites for hydroxylation is 2. The number of rotatable bonds is 4. The van der Waals surface area contributed by atoms with Crippen molar-refractivity contribution in [1.29, 1.82) is 0 Å². The number of aliphatic hydroxyl groups is 1. The fourth-order valence-corrected chi connectivity index (χ4v) is 2.26. The minimum absolute atomic E-state index is 0.531. The van der Waals surface area contributed by atoms with Crippen molar-refractivity contribution in [2.75, 3.05) is 25.0 Å². The molecule has 0 saturated carbocycles. The molecule has 0 spiro atoms. The number of hydrogen-bond donors (Lipinski definition) is 3. The summed E-state index contributed by atoms with van der Waals surface area (Å²) in [7, 11) is 0. The van der Waals surface area contributed by atoms with Crippen LogP contribution in [0.4, 0.5) is 5.82 Å². The van der Waals surface area contributed by atoms with Crippen molar-refractivity contribution in [3.8, 4) is 0 Å². The molecule has 0 amide bonds. The highest BCUT2D eigenvalue weighted by Crippen LogP contribution is 2.18. The molecule has 5 nitrogen and oxygen atoms in total. The summed E-state index contributed by atoms with van der Waals surface area (Å²) in [6.45, 7) is 6.13. The van der Waals surface area contributed by atoms with E-state index in [1.54, 1.807) is 0 Å². The molecule has 1 unspecified atom stereocenters. The van der Waals surface area contributed by atoms with Gasteiger partial charge < -0.3 is 15.7 Å². The first-order chi connectivity index (χ1) is 8.63. The van der Waals surface area contributed by atoms with Crippen LogP contribution in [-0.4, -0.2) is 40.3 Å².